The molecule has 1 aromatic rings. The van der Waals surface area contributed by atoms with Crippen LogP contribution in [0.15, 0.2) is 18.3 Å². The van der Waals surface area contributed by atoms with E-state index < -0.39 is 0 Å². The Morgan fingerprint density at radius 3 is 2.88 bits per heavy atom. The number of carbonyl (C=O) groups is 1. The number of aromatic nitrogens is 1. The molecule has 1 aliphatic rings. The third-order valence-electron chi connectivity index (χ3n) is 3.09. The van der Waals surface area contributed by atoms with Crippen LogP contribution in [-0.4, -0.2) is 35.4 Å². The van der Waals surface area contributed by atoms with Gasteiger partial charge in [-0.1, -0.05) is 0 Å². The van der Waals surface area contributed by atoms with Crippen LogP contribution in [0.3, 0.4) is 0 Å². The number of likely N-dealkylation sites (tertiary alicyclic amines) is 1. The molecule has 1 aromatic heterocycles. The molecule has 1 unspecified atom stereocenters. The first-order chi connectivity index (χ1) is 7.72. The van der Waals surface area contributed by atoms with E-state index in [0.717, 1.165) is 25.1 Å². The van der Waals surface area contributed by atoms with E-state index in [4.69, 9.17) is 0 Å². The highest BCUT2D eigenvalue weighted by Crippen LogP contribution is 2.19. The van der Waals surface area contributed by atoms with Gasteiger partial charge in [-0.15, -0.1) is 0 Å². The first-order valence-electron chi connectivity index (χ1n) is 5.67. The summed E-state index contributed by atoms with van der Waals surface area (Å²) in [6.45, 7) is 2.95. The monoisotopic (exact) mass is 219 g/mol. The minimum atomic E-state index is 0.0488. The second-order valence-corrected chi connectivity index (χ2v) is 4.17. The van der Waals surface area contributed by atoms with Crippen molar-refractivity contribution in [1.82, 2.24) is 9.88 Å². The van der Waals surface area contributed by atoms with Crippen LogP contribution in [0.1, 0.15) is 30.3 Å². The third kappa shape index (κ3) is 2.01. The fraction of sp³-hybridized carbons (Fsp3) is 0.500. The van der Waals surface area contributed by atoms with E-state index in [0.29, 0.717) is 11.7 Å². The highest BCUT2D eigenvalue weighted by Gasteiger charge is 2.26. The predicted molar refractivity (Wildman–Crippen MR) is 63.5 cm³/mol. The van der Waals surface area contributed by atoms with Crippen molar-refractivity contribution in [3.05, 3.63) is 24.0 Å². The lowest BCUT2D eigenvalue weighted by molar-refractivity contribution is 0.0741. The smallest absolute Gasteiger partial charge is 0.272 e. The van der Waals surface area contributed by atoms with Crippen LogP contribution in [0.5, 0.6) is 0 Å². The molecule has 0 spiro atoms. The number of hydrogen-bond donors (Lipinski definition) is 1. The number of pyridine rings is 1. The summed E-state index contributed by atoms with van der Waals surface area (Å²) in [5.41, 5.74) is 1.46. The van der Waals surface area contributed by atoms with Gasteiger partial charge in [0.05, 0.1) is 11.9 Å². The van der Waals surface area contributed by atoms with E-state index in [1.165, 1.54) is 0 Å². The molecule has 1 N–H and O–H groups in total. The molecule has 1 amide bonds. The number of nitrogens with zero attached hydrogens (tertiary/aromatic N) is 2. The molecule has 0 aliphatic carbocycles. The average Bonchev–Trinajstić information content (AvgIpc) is 2.75. The number of carbonyl (C=O) groups excluding carboxylic acids is 1. The summed E-state index contributed by atoms with van der Waals surface area (Å²) < 4.78 is 0. The van der Waals surface area contributed by atoms with Gasteiger partial charge in [-0.2, -0.15) is 0 Å². The van der Waals surface area contributed by atoms with Crippen LogP contribution in [0.25, 0.3) is 0 Å². The molecule has 2 rings (SSSR count). The first kappa shape index (κ1) is 10.9. The van der Waals surface area contributed by atoms with Crippen LogP contribution in [-0.2, 0) is 0 Å². The van der Waals surface area contributed by atoms with E-state index in [2.05, 4.69) is 17.2 Å². The van der Waals surface area contributed by atoms with E-state index in [1.54, 1.807) is 12.3 Å². The van der Waals surface area contributed by atoms with Gasteiger partial charge in [0, 0.05) is 19.6 Å². The molecule has 86 valence electrons. The summed E-state index contributed by atoms with van der Waals surface area (Å²) in [6.07, 6.45) is 3.88. The lowest BCUT2D eigenvalue weighted by atomic mass is 10.2. The summed E-state index contributed by atoms with van der Waals surface area (Å²) in [5.74, 6) is 0.0488. The third-order valence-corrected chi connectivity index (χ3v) is 3.09. The van der Waals surface area contributed by atoms with Crippen LogP contribution in [0.2, 0.25) is 0 Å². The molecule has 1 saturated heterocycles. The minimum Gasteiger partial charge on any atom is -0.387 e. The maximum absolute atomic E-state index is 12.1. The molecule has 16 heavy (non-hydrogen) atoms. The SMILES string of the molecule is CNc1ccc(C(=O)N2CCCC2C)nc1. The Kier molecular flexibility index (Phi) is 3.08. The first-order valence-corrected chi connectivity index (χ1v) is 5.67. The van der Waals surface area contributed by atoms with Crippen molar-refractivity contribution in [2.24, 2.45) is 0 Å². The Hall–Kier alpha value is -1.58. The highest BCUT2D eigenvalue weighted by atomic mass is 16.2. The maximum Gasteiger partial charge on any atom is 0.272 e. The zero-order chi connectivity index (χ0) is 11.5. The van der Waals surface area contributed by atoms with E-state index in [9.17, 15) is 4.79 Å². The van der Waals surface area contributed by atoms with Gasteiger partial charge < -0.3 is 10.2 Å². The molecule has 0 radical (unpaired) electrons. The second kappa shape index (κ2) is 4.51. The Morgan fingerprint density at radius 2 is 2.38 bits per heavy atom. The van der Waals surface area contributed by atoms with Crippen LogP contribution < -0.4 is 5.32 Å². The fourth-order valence-electron chi connectivity index (χ4n) is 2.05. The number of hydrogen-bond acceptors (Lipinski definition) is 3. The molecule has 4 nitrogen and oxygen atoms in total. The molecule has 0 saturated carbocycles. The van der Waals surface area contributed by atoms with Crippen LogP contribution in [0, 0.1) is 0 Å². The van der Waals surface area contributed by atoms with Gasteiger partial charge in [0.1, 0.15) is 5.69 Å². The molecular formula is C12H17N3O. The van der Waals surface area contributed by atoms with Crippen molar-refractivity contribution in [2.75, 3.05) is 18.9 Å². The summed E-state index contributed by atoms with van der Waals surface area (Å²) in [7, 11) is 1.83. The lowest BCUT2D eigenvalue weighted by Gasteiger charge is -2.20. The largest absolute Gasteiger partial charge is 0.387 e. The summed E-state index contributed by atoms with van der Waals surface area (Å²) >= 11 is 0. The van der Waals surface area contributed by atoms with E-state index in [1.807, 2.05) is 18.0 Å². The summed E-state index contributed by atoms with van der Waals surface area (Å²) in [6, 6.07) is 4.00. The zero-order valence-electron chi connectivity index (χ0n) is 9.73. The maximum atomic E-state index is 12.1. The highest BCUT2D eigenvalue weighted by molar-refractivity contribution is 5.92. The molecule has 4 heteroatoms. The normalized spacial score (nSPS) is 19.9. The molecule has 1 aliphatic heterocycles. The Bertz CT molecular complexity index is 374. The van der Waals surface area contributed by atoms with E-state index >= 15 is 0 Å². The molecule has 0 aromatic carbocycles. The standard InChI is InChI=1S/C12H17N3O/c1-9-4-3-7-15(9)12(16)11-6-5-10(13-2)8-14-11/h5-6,8-9,13H,3-4,7H2,1-2H3. The molecule has 1 atom stereocenters. The van der Waals surface area contributed by atoms with Crippen molar-refractivity contribution >= 4 is 11.6 Å². The Balaban J connectivity index is 2.14. The van der Waals surface area contributed by atoms with Crippen molar-refractivity contribution in [3.63, 3.8) is 0 Å². The quantitative estimate of drug-likeness (QED) is 0.824. The number of anilines is 1. The van der Waals surface area contributed by atoms with Crippen molar-refractivity contribution < 1.29 is 4.79 Å². The van der Waals surface area contributed by atoms with Crippen LogP contribution >= 0.6 is 0 Å². The number of rotatable bonds is 2. The number of nitrogens with one attached hydrogen (secondary N) is 1. The van der Waals surface area contributed by atoms with Gasteiger partial charge in [-0.05, 0) is 31.9 Å². The Labute approximate surface area is 95.7 Å². The van der Waals surface area contributed by atoms with Gasteiger partial charge in [-0.3, -0.25) is 4.79 Å². The topological polar surface area (TPSA) is 45.2 Å². The summed E-state index contributed by atoms with van der Waals surface area (Å²) in [4.78, 5) is 18.2. The summed E-state index contributed by atoms with van der Waals surface area (Å²) in [5, 5.41) is 2.98. The van der Waals surface area contributed by atoms with Gasteiger partial charge in [0.15, 0.2) is 0 Å². The van der Waals surface area contributed by atoms with Crippen LogP contribution in [0.4, 0.5) is 5.69 Å². The average molecular weight is 219 g/mol. The van der Waals surface area contributed by atoms with Crippen molar-refractivity contribution in [1.29, 1.82) is 0 Å². The minimum absolute atomic E-state index is 0.0488. The molecule has 1 fully saturated rings. The molecule has 0 bridgehead atoms. The van der Waals surface area contributed by atoms with Crippen molar-refractivity contribution in [3.8, 4) is 0 Å². The second-order valence-electron chi connectivity index (χ2n) is 4.17. The van der Waals surface area contributed by atoms with Crippen molar-refractivity contribution in [2.45, 2.75) is 25.8 Å². The van der Waals surface area contributed by atoms with E-state index in [-0.39, 0.29) is 5.91 Å². The predicted octanol–water partition coefficient (Wildman–Crippen LogP) is 1.75. The lowest BCUT2D eigenvalue weighted by Crippen LogP contribution is -2.34. The zero-order valence-corrected chi connectivity index (χ0v) is 9.73. The fourth-order valence-corrected chi connectivity index (χ4v) is 2.05. The van der Waals surface area contributed by atoms with Gasteiger partial charge in [0.25, 0.3) is 5.91 Å². The van der Waals surface area contributed by atoms with Gasteiger partial charge in [-0.25, -0.2) is 4.98 Å². The Morgan fingerprint density at radius 1 is 1.56 bits per heavy atom. The molecular weight excluding hydrogens is 202 g/mol. The van der Waals surface area contributed by atoms with Gasteiger partial charge >= 0.3 is 0 Å². The van der Waals surface area contributed by atoms with Gasteiger partial charge in [0.2, 0.25) is 0 Å². The molecule has 2 heterocycles. The number of amides is 1.